The van der Waals surface area contributed by atoms with Gasteiger partial charge >= 0.3 is 6.36 Å². The molecule has 4 nitrogen and oxygen atoms in total. The zero-order chi connectivity index (χ0) is 13.6. The van der Waals surface area contributed by atoms with Crippen molar-refractivity contribution in [2.75, 3.05) is 11.9 Å². The summed E-state index contributed by atoms with van der Waals surface area (Å²) in [5.41, 5.74) is 5.21. The molecule has 0 saturated carbocycles. The largest absolute Gasteiger partial charge is 0.573 e. The highest BCUT2D eigenvalue weighted by Crippen LogP contribution is 2.29. The van der Waals surface area contributed by atoms with Crippen molar-refractivity contribution in [3.05, 3.63) is 24.3 Å². The Bertz CT molecular complexity index is 413. The van der Waals surface area contributed by atoms with E-state index in [1.54, 1.807) is 0 Å². The molecule has 0 atom stereocenters. The number of para-hydroxylation sites is 2. The Labute approximate surface area is 114 Å². The molecule has 0 aliphatic rings. The van der Waals surface area contributed by atoms with Gasteiger partial charge in [0.25, 0.3) is 0 Å². The highest BCUT2D eigenvalue weighted by Gasteiger charge is 2.32. The molecule has 19 heavy (non-hydrogen) atoms. The van der Waals surface area contributed by atoms with Gasteiger partial charge in [-0.25, -0.2) is 0 Å². The molecule has 1 amide bonds. The Morgan fingerprint density at radius 3 is 2.53 bits per heavy atom. The van der Waals surface area contributed by atoms with Gasteiger partial charge in [-0.05, 0) is 25.1 Å². The molecule has 0 spiro atoms. The molecule has 0 bridgehead atoms. The fourth-order valence-electron chi connectivity index (χ4n) is 1.26. The van der Waals surface area contributed by atoms with Crippen LogP contribution >= 0.6 is 12.4 Å². The predicted octanol–water partition coefficient (Wildman–Crippen LogP) is 2.68. The highest BCUT2D eigenvalue weighted by atomic mass is 35.5. The lowest BCUT2D eigenvalue weighted by Crippen LogP contribution is -2.19. The van der Waals surface area contributed by atoms with E-state index in [4.69, 9.17) is 5.73 Å². The third kappa shape index (κ3) is 6.88. The zero-order valence-electron chi connectivity index (χ0n) is 9.87. The number of hydrogen-bond acceptors (Lipinski definition) is 3. The Hall–Kier alpha value is -1.47. The van der Waals surface area contributed by atoms with Crippen molar-refractivity contribution in [3.63, 3.8) is 0 Å². The number of benzene rings is 1. The number of ether oxygens (including phenoxy) is 1. The molecular formula is C11H14ClF3N2O2. The standard InChI is InChI=1S/C11H13F3N2O2.ClH/c12-11(13,14)18-9-5-2-1-4-8(9)16-10(17)6-3-7-15;/h1-2,4-5H,3,6-7,15H2,(H,16,17);1H. The van der Waals surface area contributed by atoms with Gasteiger partial charge in [-0.15, -0.1) is 25.6 Å². The average Bonchev–Trinajstić information content (AvgIpc) is 2.27. The van der Waals surface area contributed by atoms with Crippen LogP contribution in [0.3, 0.4) is 0 Å². The number of nitrogens with two attached hydrogens (primary N) is 1. The minimum Gasteiger partial charge on any atom is -0.404 e. The Kier molecular flexibility index (Phi) is 7.25. The molecule has 108 valence electrons. The van der Waals surface area contributed by atoms with Crippen LogP contribution in [0.2, 0.25) is 0 Å². The number of anilines is 1. The van der Waals surface area contributed by atoms with Crippen molar-refractivity contribution in [1.82, 2.24) is 0 Å². The van der Waals surface area contributed by atoms with Gasteiger partial charge in [0.1, 0.15) is 0 Å². The van der Waals surface area contributed by atoms with Crippen LogP contribution in [0.1, 0.15) is 12.8 Å². The van der Waals surface area contributed by atoms with E-state index in [1.807, 2.05) is 0 Å². The van der Waals surface area contributed by atoms with Crippen molar-refractivity contribution in [2.45, 2.75) is 19.2 Å². The summed E-state index contributed by atoms with van der Waals surface area (Å²) in [5.74, 6) is -0.843. The summed E-state index contributed by atoms with van der Waals surface area (Å²) < 4.78 is 40.1. The maximum atomic E-state index is 12.1. The summed E-state index contributed by atoms with van der Waals surface area (Å²) >= 11 is 0. The molecule has 1 aromatic rings. The van der Waals surface area contributed by atoms with Gasteiger partial charge in [0, 0.05) is 6.42 Å². The van der Waals surface area contributed by atoms with Gasteiger partial charge in [0.05, 0.1) is 5.69 Å². The number of alkyl halides is 3. The second-order valence-corrected chi connectivity index (χ2v) is 3.48. The molecular weight excluding hydrogens is 285 g/mol. The number of amides is 1. The fourth-order valence-corrected chi connectivity index (χ4v) is 1.26. The maximum Gasteiger partial charge on any atom is 0.573 e. The van der Waals surface area contributed by atoms with E-state index in [2.05, 4.69) is 10.1 Å². The van der Waals surface area contributed by atoms with E-state index in [9.17, 15) is 18.0 Å². The number of carbonyl (C=O) groups is 1. The first-order valence-corrected chi connectivity index (χ1v) is 5.27. The topological polar surface area (TPSA) is 64.4 Å². The van der Waals surface area contributed by atoms with Crippen molar-refractivity contribution in [3.8, 4) is 5.75 Å². The van der Waals surface area contributed by atoms with Crippen molar-refractivity contribution in [2.24, 2.45) is 5.73 Å². The van der Waals surface area contributed by atoms with Gasteiger partial charge in [0.15, 0.2) is 5.75 Å². The molecule has 0 unspecified atom stereocenters. The van der Waals surface area contributed by atoms with E-state index in [0.29, 0.717) is 13.0 Å². The zero-order valence-corrected chi connectivity index (χ0v) is 10.7. The van der Waals surface area contributed by atoms with Crippen LogP contribution in [0.5, 0.6) is 5.75 Å². The molecule has 3 N–H and O–H groups in total. The van der Waals surface area contributed by atoms with E-state index in [1.165, 1.54) is 18.2 Å². The van der Waals surface area contributed by atoms with Crippen molar-refractivity contribution >= 4 is 24.0 Å². The molecule has 0 aliphatic carbocycles. The summed E-state index contributed by atoms with van der Waals surface area (Å²) in [7, 11) is 0. The number of carbonyl (C=O) groups excluding carboxylic acids is 1. The van der Waals surface area contributed by atoms with Gasteiger partial charge < -0.3 is 15.8 Å². The summed E-state index contributed by atoms with van der Waals surface area (Å²) in [6, 6.07) is 5.35. The average molecular weight is 299 g/mol. The normalized spacial score (nSPS) is 10.5. The number of halogens is 4. The maximum absolute atomic E-state index is 12.1. The van der Waals surface area contributed by atoms with Crippen LogP contribution in [0.4, 0.5) is 18.9 Å². The minimum atomic E-state index is -4.79. The molecule has 0 radical (unpaired) electrons. The monoisotopic (exact) mass is 298 g/mol. The molecule has 1 rings (SSSR count). The second-order valence-electron chi connectivity index (χ2n) is 3.48. The third-order valence-corrected chi connectivity index (χ3v) is 1.99. The van der Waals surface area contributed by atoms with E-state index >= 15 is 0 Å². The van der Waals surface area contributed by atoms with Crippen LogP contribution in [0.15, 0.2) is 24.3 Å². The number of rotatable bonds is 5. The van der Waals surface area contributed by atoms with E-state index in [0.717, 1.165) is 6.07 Å². The van der Waals surface area contributed by atoms with Crippen LogP contribution in [0, 0.1) is 0 Å². The molecule has 0 fully saturated rings. The van der Waals surface area contributed by atoms with Crippen molar-refractivity contribution in [1.29, 1.82) is 0 Å². The third-order valence-electron chi connectivity index (χ3n) is 1.99. The first-order chi connectivity index (χ1) is 8.42. The van der Waals surface area contributed by atoms with E-state index in [-0.39, 0.29) is 24.5 Å². The first kappa shape index (κ1) is 17.5. The van der Waals surface area contributed by atoms with Gasteiger partial charge in [-0.2, -0.15) is 0 Å². The summed E-state index contributed by atoms with van der Waals surface area (Å²) in [6.07, 6.45) is -4.18. The molecule has 0 aliphatic heterocycles. The number of nitrogens with one attached hydrogen (secondary N) is 1. The second kappa shape index (κ2) is 7.85. The lowest BCUT2D eigenvalue weighted by molar-refractivity contribution is -0.274. The molecule has 1 aromatic carbocycles. The molecule has 0 heterocycles. The summed E-state index contributed by atoms with van der Waals surface area (Å²) in [4.78, 5) is 11.4. The lowest BCUT2D eigenvalue weighted by atomic mass is 10.2. The van der Waals surface area contributed by atoms with Crippen LogP contribution < -0.4 is 15.8 Å². The highest BCUT2D eigenvalue weighted by molar-refractivity contribution is 5.92. The fraction of sp³-hybridized carbons (Fsp3) is 0.364. The Morgan fingerprint density at radius 2 is 1.95 bits per heavy atom. The Balaban J connectivity index is 0.00000324. The quantitative estimate of drug-likeness (QED) is 0.878. The predicted molar refractivity (Wildman–Crippen MR) is 67.3 cm³/mol. The van der Waals surface area contributed by atoms with Crippen LogP contribution in [-0.4, -0.2) is 18.8 Å². The SMILES string of the molecule is Cl.NCCCC(=O)Nc1ccccc1OC(F)(F)F. The minimum absolute atomic E-state index is 0. The Morgan fingerprint density at radius 1 is 1.32 bits per heavy atom. The smallest absolute Gasteiger partial charge is 0.404 e. The number of hydrogen-bond donors (Lipinski definition) is 2. The molecule has 0 aromatic heterocycles. The van der Waals surface area contributed by atoms with Gasteiger partial charge in [-0.3, -0.25) is 4.79 Å². The van der Waals surface area contributed by atoms with Crippen LogP contribution in [-0.2, 0) is 4.79 Å². The molecule has 8 heteroatoms. The van der Waals surface area contributed by atoms with Gasteiger partial charge in [-0.1, -0.05) is 12.1 Å². The van der Waals surface area contributed by atoms with E-state index < -0.39 is 18.0 Å². The van der Waals surface area contributed by atoms with Crippen molar-refractivity contribution < 1.29 is 22.7 Å². The van der Waals surface area contributed by atoms with Crippen LogP contribution in [0.25, 0.3) is 0 Å². The first-order valence-electron chi connectivity index (χ1n) is 5.27. The lowest BCUT2D eigenvalue weighted by Gasteiger charge is -2.13. The molecule has 0 saturated heterocycles. The summed E-state index contributed by atoms with van der Waals surface area (Å²) in [6.45, 7) is 0.341. The van der Waals surface area contributed by atoms with Gasteiger partial charge in [0.2, 0.25) is 5.91 Å². The summed E-state index contributed by atoms with van der Waals surface area (Å²) in [5, 5.41) is 2.35.